The Morgan fingerprint density at radius 3 is 2.38 bits per heavy atom. The van der Waals surface area contributed by atoms with Gasteiger partial charge in [-0.05, 0) is 45.0 Å². The zero-order chi connectivity index (χ0) is 16.3. The summed E-state index contributed by atoms with van der Waals surface area (Å²) in [6, 6.07) is 2.14. The Hall–Kier alpha value is -1.05. The Labute approximate surface area is 125 Å². The second kappa shape index (κ2) is 6.81. The Kier molecular flexibility index (Phi) is 5.83. The van der Waals surface area contributed by atoms with Crippen molar-refractivity contribution in [3.8, 4) is 0 Å². The lowest BCUT2D eigenvalue weighted by atomic mass is 10.0. The molecule has 0 unspecified atom stereocenters. The first-order valence-electron chi connectivity index (χ1n) is 6.79. The maximum absolute atomic E-state index is 13.9. The van der Waals surface area contributed by atoms with Crippen molar-refractivity contribution in [1.29, 1.82) is 0 Å². The first kappa shape index (κ1) is 18.0. The molecule has 0 spiro atoms. The van der Waals surface area contributed by atoms with E-state index in [0.717, 1.165) is 18.6 Å². The SMILES string of the molecule is CCCC(C)(C)NS(=O)(=O)c1cc(CNC)cc(F)c1F. The fourth-order valence-electron chi connectivity index (χ4n) is 2.21. The molecule has 0 atom stereocenters. The van der Waals surface area contributed by atoms with Crippen molar-refractivity contribution in [2.45, 2.75) is 50.6 Å². The Morgan fingerprint density at radius 2 is 1.86 bits per heavy atom. The summed E-state index contributed by atoms with van der Waals surface area (Å²) in [4.78, 5) is -0.656. The summed E-state index contributed by atoms with van der Waals surface area (Å²) in [5.41, 5.74) is -0.361. The number of rotatable bonds is 7. The van der Waals surface area contributed by atoms with E-state index in [1.807, 2.05) is 6.92 Å². The Bertz CT molecular complexity index is 601. The average molecular weight is 320 g/mol. The molecule has 0 aromatic heterocycles. The van der Waals surface area contributed by atoms with Gasteiger partial charge < -0.3 is 5.32 Å². The second-order valence-electron chi connectivity index (χ2n) is 5.66. The van der Waals surface area contributed by atoms with E-state index < -0.39 is 32.1 Å². The zero-order valence-corrected chi connectivity index (χ0v) is 13.6. The highest BCUT2D eigenvalue weighted by Gasteiger charge is 2.29. The quantitative estimate of drug-likeness (QED) is 0.812. The van der Waals surface area contributed by atoms with Crippen molar-refractivity contribution < 1.29 is 17.2 Å². The number of hydrogen-bond donors (Lipinski definition) is 2. The topological polar surface area (TPSA) is 58.2 Å². The van der Waals surface area contributed by atoms with Crippen LogP contribution < -0.4 is 10.0 Å². The van der Waals surface area contributed by atoms with Crippen LogP contribution in [-0.4, -0.2) is 21.0 Å². The molecule has 7 heteroatoms. The van der Waals surface area contributed by atoms with Crippen LogP contribution in [0.5, 0.6) is 0 Å². The van der Waals surface area contributed by atoms with Gasteiger partial charge in [0.2, 0.25) is 10.0 Å². The zero-order valence-electron chi connectivity index (χ0n) is 12.8. The summed E-state index contributed by atoms with van der Waals surface area (Å²) in [6.45, 7) is 5.58. The van der Waals surface area contributed by atoms with Gasteiger partial charge in [-0.25, -0.2) is 21.9 Å². The van der Waals surface area contributed by atoms with E-state index >= 15 is 0 Å². The summed E-state index contributed by atoms with van der Waals surface area (Å²) in [5, 5.41) is 2.77. The van der Waals surface area contributed by atoms with Gasteiger partial charge in [-0.1, -0.05) is 13.3 Å². The maximum atomic E-state index is 13.9. The molecule has 0 aliphatic carbocycles. The van der Waals surface area contributed by atoms with E-state index in [1.165, 1.54) is 0 Å². The van der Waals surface area contributed by atoms with Gasteiger partial charge in [0, 0.05) is 12.1 Å². The fraction of sp³-hybridized carbons (Fsp3) is 0.571. The van der Waals surface area contributed by atoms with E-state index in [-0.39, 0.29) is 6.54 Å². The van der Waals surface area contributed by atoms with Gasteiger partial charge in [0.05, 0.1) is 0 Å². The van der Waals surface area contributed by atoms with Crippen LogP contribution in [0.2, 0.25) is 0 Å². The minimum absolute atomic E-state index is 0.248. The molecule has 0 bridgehead atoms. The molecule has 2 N–H and O–H groups in total. The minimum atomic E-state index is -4.13. The number of nitrogens with one attached hydrogen (secondary N) is 2. The summed E-state index contributed by atoms with van der Waals surface area (Å²) in [5.74, 6) is -2.52. The van der Waals surface area contributed by atoms with E-state index in [9.17, 15) is 17.2 Å². The van der Waals surface area contributed by atoms with Crippen LogP contribution in [0.15, 0.2) is 17.0 Å². The first-order valence-corrected chi connectivity index (χ1v) is 8.28. The number of halogens is 2. The lowest BCUT2D eigenvalue weighted by Gasteiger charge is -2.25. The lowest BCUT2D eigenvalue weighted by molar-refractivity contribution is 0.414. The van der Waals surface area contributed by atoms with Gasteiger partial charge in [-0.3, -0.25) is 0 Å². The molecule has 4 nitrogen and oxygen atoms in total. The summed E-state index contributed by atoms with van der Waals surface area (Å²) in [7, 11) is -2.49. The standard InChI is InChI=1S/C14H22F2N2O2S/c1-5-6-14(2,3)18-21(19,20)12-8-10(9-17-4)7-11(15)13(12)16/h7-8,17-18H,5-6,9H2,1-4H3. The van der Waals surface area contributed by atoms with Crippen LogP contribution >= 0.6 is 0 Å². The van der Waals surface area contributed by atoms with Crippen LogP contribution in [0, 0.1) is 11.6 Å². The normalized spacial score (nSPS) is 12.7. The number of benzene rings is 1. The molecule has 1 rings (SSSR count). The fourth-order valence-corrected chi connectivity index (χ4v) is 3.79. The molecule has 0 saturated heterocycles. The highest BCUT2D eigenvalue weighted by molar-refractivity contribution is 7.89. The predicted molar refractivity (Wildman–Crippen MR) is 78.4 cm³/mol. The van der Waals surface area contributed by atoms with Crippen molar-refractivity contribution in [3.05, 3.63) is 29.3 Å². The number of sulfonamides is 1. The Morgan fingerprint density at radius 1 is 1.24 bits per heavy atom. The average Bonchev–Trinajstić information content (AvgIpc) is 2.32. The predicted octanol–water partition coefficient (Wildman–Crippen LogP) is 2.54. The van der Waals surface area contributed by atoms with Gasteiger partial charge in [0.25, 0.3) is 0 Å². The van der Waals surface area contributed by atoms with Crippen molar-refractivity contribution in [2.24, 2.45) is 0 Å². The molecule has 1 aromatic carbocycles. The second-order valence-corrected chi connectivity index (χ2v) is 7.31. The third-order valence-electron chi connectivity index (χ3n) is 3.01. The highest BCUT2D eigenvalue weighted by atomic mass is 32.2. The first-order chi connectivity index (χ1) is 9.63. The molecule has 0 radical (unpaired) electrons. The van der Waals surface area contributed by atoms with Crippen LogP contribution in [0.25, 0.3) is 0 Å². The van der Waals surface area contributed by atoms with E-state index in [1.54, 1.807) is 20.9 Å². The van der Waals surface area contributed by atoms with Crippen LogP contribution in [0.4, 0.5) is 8.78 Å². The van der Waals surface area contributed by atoms with Crippen LogP contribution in [-0.2, 0) is 16.6 Å². The van der Waals surface area contributed by atoms with Gasteiger partial charge in [-0.15, -0.1) is 0 Å². The monoisotopic (exact) mass is 320 g/mol. The van der Waals surface area contributed by atoms with Crippen molar-refractivity contribution in [1.82, 2.24) is 10.0 Å². The van der Waals surface area contributed by atoms with Gasteiger partial charge in [-0.2, -0.15) is 0 Å². The summed E-state index contributed by atoms with van der Waals surface area (Å²) in [6.07, 6.45) is 1.36. The molecule has 0 aliphatic heterocycles. The van der Waals surface area contributed by atoms with Crippen LogP contribution in [0.3, 0.4) is 0 Å². The lowest BCUT2D eigenvalue weighted by Crippen LogP contribution is -2.43. The van der Waals surface area contributed by atoms with Crippen molar-refractivity contribution in [2.75, 3.05) is 7.05 Å². The van der Waals surface area contributed by atoms with Crippen LogP contribution in [0.1, 0.15) is 39.2 Å². The molecule has 0 aliphatic rings. The molecule has 120 valence electrons. The van der Waals surface area contributed by atoms with Gasteiger partial charge >= 0.3 is 0 Å². The van der Waals surface area contributed by atoms with E-state index in [2.05, 4.69) is 10.0 Å². The maximum Gasteiger partial charge on any atom is 0.244 e. The van der Waals surface area contributed by atoms with Gasteiger partial charge in [0.1, 0.15) is 4.90 Å². The Balaban J connectivity index is 3.24. The smallest absolute Gasteiger partial charge is 0.244 e. The van der Waals surface area contributed by atoms with Gasteiger partial charge in [0.15, 0.2) is 11.6 Å². The molecule has 0 fully saturated rings. The number of hydrogen-bond acceptors (Lipinski definition) is 3. The molecule has 0 heterocycles. The minimum Gasteiger partial charge on any atom is -0.316 e. The summed E-state index contributed by atoms with van der Waals surface area (Å²) < 4.78 is 54.5. The van der Waals surface area contributed by atoms with E-state index in [4.69, 9.17) is 0 Å². The molecule has 0 amide bonds. The van der Waals surface area contributed by atoms with E-state index in [0.29, 0.717) is 12.0 Å². The largest absolute Gasteiger partial charge is 0.316 e. The third kappa shape index (κ3) is 4.72. The van der Waals surface area contributed by atoms with Crippen molar-refractivity contribution in [3.63, 3.8) is 0 Å². The van der Waals surface area contributed by atoms with Crippen molar-refractivity contribution >= 4 is 10.0 Å². The highest BCUT2D eigenvalue weighted by Crippen LogP contribution is 2.22. The molecular weight excluding hydrogens is 298 g/mol. The summed E-state index contributed by atoms with van der Waals surface area (Å²) >= 11 is 0. The molecular formula is C14H22F2N2O2S. The molecule has 1 aromatic rings. The third-order valence-corrected chi connectivity index (χ3v) is 4.71. The molecule has 0 saturated carbocycles. The molecule has 21 heavy (non-hydrogen) atoms.